The van der Waals surface area contributed by atoms with E-state index in [0.717, 1.165) is 72.3 Å². The zero-order valence-corrected chi connectivity index (χ0v) is 31.7. The third-order valence-electron chi connectivity index (χ3n) is 9.51. The number of nitrogens with zero attached hydrogens (tertiary/aromatic N) is 3. The number of anilines is 4. The standard InChI is InChI=1S/C46H35N4O2.Pt/c1-46(2,3)30-24-25-47-45(26-30)50-40-17-8-5-14-35(40)36-22-21-34(29-42(36)50)51-33-13-11-12-32(28-33)49(4)41-18-9-7-16-39(41)48-31-20-23-44-38(27-31)37-15-6-10-19-43(37)52-44;/h5-27,48H,4H2,1-3H3;/q-3;. The number of benzene rings is 6. The maximum absolute atomic E-state index is 6.45. The van der Waals surface area contributed by atoms with Gasteiger partial charge < -0.3 is 23.9 Å². The molecule has 7 heteroatoms. The Morgan fingerprint density at radius 1 is 0.717 bits per heavy atom. The summed E-state index contributed by atoms with van der Waals surface area (Å²) in [4.78, 5) is 6.66. The van der Waals surface area contributed by atoms with Gasteiger partial charge in [0.2, 0.25) is 0 Å². The predicted octanol–water partition coefficient (Wildman–Crippen LogP) is 12.4. The van der Waals surface area contributed by atoms with Crippen LogP contribution in [0.5, 0.6) is 11.5 Å². The number of para-hydroxylation sites is 4. The number of fused-ring (bicyclic) bond motifs is 6. The molecule has 6 nitrogen and oxygen atoms in total. The van der Waals surface area contributed by atoms with Gasteiger partial charge in [-0.15, -0.1) is 41.4 Å². The van der Waals surface area contributed by atoms with Crippen LogP contribution in [0.1, 0.15) is 26.3 Å². The number of pyridine rings is 1. The summed E-state index contributed by atoms with van der Waals surface area (Å²) in [6.07, 6.45) is 1.88. The van der Waals surface area contributed by atoms with Gasteiger partial charge >= 0.3 is 0 Å². The molecule has 264 valence electrons. The summed E-state index contributed by atoms with van der Waals surface area (Å²) in [6.45, 7) is 6.64. The zero-order valence-electron chi connectivity index (χ0n) is 29.5. The van der Waals surface area contributed by atoms with E-state index in [1.165, 1.54) is 5.56 Å². The van der Waals surface area contributed by atoms with E-state index < -0.39 is 0 Å². The summed E-state index contributed by atoms with van der Waals surface area (Å²) in [7, 11) is 4.42. The van der Waals surface area contributed by atoms with Crippen molar-refractivity contribution in [2.75, 3.05) is 10.2 Å². The molecule has 53 heavy (non-hydrogen) atoms. The van der Waals surface area contributed by atoms with Crippen molar-refractivity contribution in [3.8, 4) is 17.3 Å². The molecule has 0 atom stereocenters. The molecule has 0 aliphatic carbocycles. The van der Waals surface area contributed by atoms with Crippen LogP contribution in [-0.2, 0) is 26.5 Å². The minimum absolute atomic E-state index is 0. The van der Waals surface area contributed by atoms with Crippen LogP contribution in [0.15, 0.2) is 144 Å². The monoisotopic (exact) mass is 870 g/mol. The van der Waals surface area contributed by atoms with E-state index in [2.05, 4.69) is 104 Å². The van der Waals surface area contributed by atoms with Crippen LogP contribution in [0, 0.1) is 19.2 Å². The molecule has 9 rings (SSSR count). The van der Waals surface area contributed by atoms with E-state index in [0.29, 0.717) is 11.5 Å². The molecular weight excluding hydrogens is 836 g/mol. The Labute approximate surface area is 322 Å². The van der Waals surface area contributed by atoms with Crippen molar-refractivity contribution in [3.63, 3.8) is 0 Å². The van der Waals surface area contributed by atoms with E-state index in [9.17, 15) is 0 Å². The number of ether oxygens (including phenoxy) is 1. The molecule has 0 spiro atoms. The minimum atomic E-state index is -0.0161. The Hall–Kier alpha value is -5.84. The largest absolute Gasteiger partial charge is 0.516 e. The van der Waals surface area contributed by atoms with Crippen LogP contribution in [0.2, 0.25) is 0 Å². The second kappa shape index (κ2) is 13.6. The summed E-state index contributed by atoms with van der Waals surface area (Å²) >= 11 is 0. The number of hydrogen-bond donors (Lipinski definition) is 1. The first kappa shape index (κ1) is 34.3. The molecule has 3 aromatic heterocycles. The van der Waals surface area contributed by atoms with E-state index in [1.54, 1.807) is 0 Å². The molecule has 3 heterocycles. The fourth-order valence-electron chi connectivity index (χ4n) is 6.85. The molecule has 0 fully saturated rings. The van der Waals surface area contributed by atoms with Gasteiger partial charge in [0.25, 0.3) is 0 Å². The van der Waals surface area contributed by atoms with Crippen molar-refractivity contribution in [3.05, 3.63) is 164 Å². The topological polar surface area (TPSA) is 55.5 Å². The molecule has 0 unspecified atom stereocenters. The Morgan fingerprint density at radius 3 is 2.34 bits per heavy atom. The Kier molecular flexibility index (Phi) is 8.80. The average Bonchev–Trinajstić information content (AvgIpc) is 3.70. The number of aromatic nitrogens is 2. The normalized spacial score (nSPS) is 11.6. The molecule has 6 aromatic carbocycles. The van der Waals surface area contributed by atoms with Crippen molar-refractivity contribution in [1.29, 1.82) is 0 Å². The van der Waals surface area contributed by atoms with E-state index >= 15 is 0 Å². The average molecular weight is 871 g/mol. The van der Waals surface area contributed by atoms with Gasteiger partial charge in [0.05, 0.1) is 5.69 Å². The van der Waals surface area contributed by atoms with Crippen molar-refractivity contribution in [1.82, 2.24) is 9.55 Å². The van der Waals surface area contributed by atoms with Gasteiger partial charge in [-0.1, -0.05) is 74.8 Å². The molecule has 0 aliphatic rings. The molecule has 0 amide bonds. The summed E-state index contributed by atoms with van der Waals surface area (Å²) < 4.78 is 14.7. The van der Waals surface area contributed by atoms with Crippen LogP contribution in [0.4, 0.5) is 22.7 Å². The SMILES string of the molecule is [CH2-]N(c1[c-]c(Oc2[c-]c3c(cc2)c2ccccc2n3-c2cc(C(C)(C)C)ccn2)ccc1)c1ccccc1Nc1ccc2oc3ccccc3c2c1.[Pt]. The summed E-state index contributed by atoms with van der Waals surface area (Å²) in [6, 6.07) is 51.8. The number of nitrogens with one attached hydrogen (secondary N) is 1. The third kappa shape index (κ3) is 6.34. The van der Waals surface area contributed by atoms with Crippen molar-refractivity contribution >= 4 is 66.5 Å². The second-order valence-corrected chi connectivity index (χ2v) is 14.0. The van der Waals surface area contributed by atoms with E-state index in [1.807, 2.05) is 90.0 Å². The fraction of sp³-hybridized carbons (Fsp3) is 0.0870. The molecule has 9 aromatic rings. The molecule has 1 N–H and O–H groups in total. The smallest absolute Gasteiger partial charge is 0.135 e. The van der Waals surface area contributed by atoms with Gasteiger partial charge in [-0.05, 0) is 71.0 Å². The summed E-state index contributed by atoms with van der Waals surface area (Å²) in [5.74, 6) is 1.98. The maximum Gasteiger partial charge on any atom is 0.135 e. The Balaban J connectivity index is 0.00000400. The summed E-state index contributed by atoms with van der Waals surface area (Å²) in [5.41, 5.74) is 8.38. The first-order chi connectivity index (χ1) is 25.3. The van der Waals surface area contributed by atoms with Crippen molar-refractivity contribution in [2.45, 2.75) is 26.2 Å². The predicted molar refractivity (Wildman–Crippen MR) is 212 cm³/mol. The van der Waals surface area contributed by atoms with Gasteiger partial charge in [0.1, 0.15) is 17.0 Å². The van der Waals surface area contributed by atoms with E-state index in [-0.39, 0.29) is 26.5 Å². The number of furan rings is 1. The molecule has 0 radical (unpaired) electrons. The van der Waals surface area contributed by atoms with Crippen LogP contribution < -0.4 is 15.0 Å². The van der Waals surface area contributed by atoms with E-state index in [4.69, 9.17) is 14.1 Å². The van der Waals surface area contributed by atoms with Gasteiger partial charge in [-0.3, -0.25) is 7.05 Å². The van der Waals surface area contributed by atoms with Gasteiger partial charge in [-0.25, -0.2) is 4.98 Å². The fourth-order valence-corrected chi connectivity index (χ4v) is 6.85. The quantitative estimate of drug-likeness (QED) is 0.162. The first-order valence-corrected chi connectivity index (χ1v) is 17.3. The van der Waals surface area contributed by atoms with Crippen molar-refractivity contribution < 1.29 is 30.2 Å². The van der Waals surface area contributed by atoms with Gasteiger partial charge in [0.15, 0.2) is 0 Å². The van der Waals surface area contributed by atoms with Gasteiger partial charge in [0, 0.05) is 66.4 Å². The molecular formula is C46H35N4O2Pt-3. The second-order valence-electron chi connectivity index (χ2n) is 14.0. The van der Waals surface area contributed by atoms with Crippen LogP contribution in [0.3, 0.4) is 0 Å². The first-order valence-electron chi connectivity index (χ1n) is 17.3. The Morgan fingerprint density at radius 2 is 1.47 bits per heavy atom. The number of rotatable bonds is 7. The Bertz CT molecular complexity index is 2780. The third-order valence-corrected chi connectivity index (χ3v) is 9.51. The van der Waals surface area contributed by atoms with Crippen LogP contribution >= 0.6 is 0 Å². The van der Waals surface area contributed by atoms with Crippen molar-refractivity contribution in [2.24, 2.45) is 0 Å². The van der Waals surface area contributed by atoms with Crippen LogP contribution in [0.25, 0.3) is 49.6 Å². The number of hydrogen-bond acceptors (Lipinski definition) is 5. The molecule has 0 saturated heterocycles. The van der Waals surface area contributed by atoms with Gasteiger partial charge in [-0.2, -0.15) is 12.1 Å². The van der Waals surface area contributed by atoms with Crippen LogP contribution in [-0.4, -0.2) is 9.55 Å². The molecule has 0 aliphatic heterocycles. The molecule has 0 saturated carbocycles. The maximum atomic E-state index is 6.45. The summed E-state index contributed by atoms with van der Waals surface area (Å²) in [5, 5.41) is 7.97. The molecule has 0 bridgehead atoms. The zero-order chi connectivity index (χ0) is 35.4. The minimum Gasteiger partial charge on any atom is -0.516 e.